The lowest BCUT2D eigenvalue weighted by molar-refractivity contribution is 0.269. The average molecular weight is 300 g/mol. The Morgan fingerprint density at radius 2 is 2.05 bits per heavy atom. The van der Waals surface area contributed by atoms with Gasteiger partial charge >= 0.3 is 0 Å². The van der Waals surface area contributed by atoms with Gasteiger partial charge in [-0.05, 0) is 31.4 Å². The molecule has 0 unspecified atom stereocenters. The van der Waals surface area contributed by atoms with Gasteiger partial charge in [-0.25, -0.2) is 0 Å². The first-order chi connectivity index (χ1) is 9.58. The SMILES string of the molecule is CCCNCc1cc(Cl)cc(OC)c1OCCC(C)C. The Kier molecular flexibility index (Phi) is 7.78. The number of methoxy groups -OCH3 is 1. The summed E-state index contributed by atoms with van der Waals surface area (Å²) in [7, 11) is 1.64. The second kappa shape index (κ2) is 9.09. The summed E-state index contributed by atoms with van der Waals surface area (Å²) >= 11 is 6.13. The Labute approximate surface area is 127 Å². The minimum absolute atomic E-state index is 0.620. The fourth-order valence-corrected chi connectivity index (χ4v) is 2.10. The summed E-state index contributed by atoms with van der Waals surface area (Å²) in [5, 5.41) is 4.05. The van der Waals surface area contributed by atoms with Crippen molar-refractivity contribution in [1.29, 1.82) is 0 Å². The molecule has 0 atom stereocenters. The molecule has 0 saturated carbocycles. The molecule has 0 saturated heterocycles. The van der Waals surface area contributed by atoms with Crippen LogP contribution in [0.25, 0.3) is 0 Å². The number of hydrogen-bond acceptors (Lipinski definition) is 3. The summed E-state index contributed by atoms with van der Waals surface area (Å²) in [4.78, 5) is 0. The Hall–Kier alpha value is -0.930. The van der Waals surface area contributed by atoms with E-state index in [0.29, 0.717) is 23.3 Å². The molecule has 0 radical (unpaired) electrons. The molecule has 1 rings (SSSR count). The molecular weight excluding hydrogens is 274 g/mol. The largest absolute Gasteiger partial charge is 0.493 e. The molecule has 0 bridgehead atoms. The van der Waals surface area contributed by atoms with E-state index in [1.165, 1.54) is 0 Å². The number of ether oxygens (including phenoxy) is 2. The van der Waals surface area contributed by atoms with Crippen molar-refractivity contribution < 1.29 is 9.47 Å². The summed E-state index contributed by atoms with van der Waals surface area (Å²) < 4.78 is 11.3. The summed E-state index contributed by atoms with van der Waals surface area (Å²) in [5.41, 5.74) is 1.05. The van der Waals surface area contributed by atoms with Gasteiger partial charge in [-0.2, -0.15) is 0 Å². The quantitative estimate of drug-likeness (QED) is 0.691. The van der Waals surface area contributed by atoms with Crippen LogP contribution in [0.3, 0.4) is 0 Å². The maximum Gasteiger partial charge on any atom is 0.165 e. The summed E-state index contributed by atoms with van der Waals surface area (Å²) in [6.07, 6.45) is 2.12. The highest BCUT2D eigenvalue weighted by atomic mass is 35.5. The zero-order chi connectivity index (χ0) is 15.0. The number of halogens is 1. The van der Waals surface area contributed by atoms with E-state index < -0.39 is 0 Å². The van der Waals surface area contributed by atoms with Crippen LogP contribution in [0.2, 0.25) is 5.02 Å². The monoisotopic (exact) mass is 299 g/mol. The van der Waals surface area contributed by atoms with E-state index >= 15 is 0 Å². The average Bonchev–Trinajstić information content (AvgIpc) is 2.40. The van der Waals surface area contributed by atoms with E-state index in [1.54, 1.807) is 13.2 Å². The van der Waals surface area contributed by atoms with Crippen molar-refractivity contribution in [1.82, 2.24) is 5.32 Å². The van der Waals surface area contributed by atoms with Crippen LogP contribution in [0.5, 0.6) is 11.5 Å². The summed E-state index contributed by atoms with van der Waals surface area (Å²) in [6, 6.07) is 3.74. The molecule has 0 aliphatic rings. The number of benzene rings is 1. The van der Waals surface area contributed by atoms with Gasteiger partial charge in [0, 0.05) is 23.2 Å². The van der Waals surface area contributed by atoms with Crippen molar-refractivity contribution in [3.8, 4) is 11.5 Å². The number of rotatable bonds is 9. The molecule has 0 aliphatic heterocycles. The molecule has 1 aromatic carbocycles. The van der Waals surface area contributed by atoms with Gasteiger partial charge < -0.3 is 14.8 Å². The van der Waals surface area contributed by atoms with Gasteiger partial charge in [-0.1, -0.05) is 32.4 Å². The molecule has 1 aromatic rings. The van der Waals surface area contributed by atoms with Crippen LogP contribution in [0.4, 0.5) is 0 Å². The van der Waals surface area contributed by atoms with Crippen LogP contribution in [0.15, 0.2) is 12.1 Å². The molecule has 0 aromatic heterocycles. The molecule has 0 amide bonds. The second-order valence-electron chi connectivity index (χ2n) is 5.30. The van der Waals surface area contributed by atoms with Crippen molar-refractivity contribution in [3.05, 3.63) is 22.7 Å². The molecule has 0 spiro atoms. The Morgan fingerprint density at radius 3 is 2.65 bits per heavy atom. The van der Waals surface area contributed by atoms with Crippen molar-refractivity contribution >= 4 is 11.6 Å². The first-order valence-corrected chi connectivity index (χ1v) is 7.66. The molecular formula is C16H26ClNO2. The van der Waals surface area contributed by atoms with Crippen molar-refractivity contribution in [3.63, 3.8) is 0 Å². The second-order valence-corrected chi connectivity index (χ2v) is 5.74. The van der Waals surface area contributed by atoms with Gasteiger partial charge in [-0.15, -0.1) is 0 Å². The van der Waals surface area contributed by atoms with Gasteiger partial charge in [0.05, 0.1) is 13.7 Å². The van der Waals surface area contributed by atoms with Gasteiger partial charge in [0.15, 0.2) is 11.5 Å². The highest BCUT2D eigenvalue weighted by Crippen LogP contribution is 2.35. The normalized spacial score (nSPS) is 10.9. The molecule has 114 valence electrons. The summed E-state index contributed by atoms with van der Waals surface area (Å²) in [5.74, 6) is 2.13. The Bertz CT molecular complexity index is 408. The van der Waals surface area contributed by atoms with Gasteiger partial charge in [0.2, 0.25) is 0 Å². The fraction of sp³-hybridized carbons (Fsp3) is 0.625. The standard InChI is InChI=1S/C16H26ClNO2/c1-5-7-18-11-13-9-14(17)10-15(19-4)16(13)20-8-6-12(2)3/h9-10,12,18H,5-8,11H2,1-4H3. The maximum absolute atomic E-state index is 6.13. The zero-order valence-corrected chi connectivity index (χ0v) is 13.7. The highest BCUT2D eigenvalue weighted by Gasteiger charge is 2.13. The van der Waals surface area contributed by atoms with Crippen LogP contribution in [-0.2, 0) is 6.54 Å². The third-order valence-electron chi connectivity index (χ3n) is 3.00. The van der Waals surface area contributed by atoms with Crippen LogP contribution in [0.1, 0.15) is 39.2 Å². The third-order valence-corrected chi connectivity index (χ3v) is 3.22. The maximum atomic E-state index is 6.13. The van der Waals surface area contributed by atoms with E-state index in [0.717, 1.165) is 37.2 Å². The minimum atomic E-state index is 0.620. The van der Waals surface area contributed by atoms with Crippen molar-refractivity contribution in [2.24, 2.45) is 5.92 Å². The van der Waals surface area contributed by atoms with E-state index in [2.05, 4.69) is 26.1 Å². The lowest BCUT2D eigenvalue weighted by Gasteiger charge is -2.17. The van der Waals surface area contributed by atoms with E-state index in [4.69, 9.17) is 21.1 Å². The lowest BCUT2D eigenvalue weighted by Crippen LogP contribution is -2.15. The first kappa shape index (κ1) is 17.1. The van der Waals surface area contributed by atoms with Crippen LogP contribution in [-0.4, -0.2) is 20.3 Å². The zero-order valence-electron chi connectivity index (χ0n) is 13.0. The predicted molar refractivity (Wildman–Crippen MR) is 85.0 cm³/mol. The molecule has 0 fully saturated rings. The smallest absolute Gasteiger partial charge is 0.165 e. The van der Waals surface area contributed by atoms with E-state index in [9.17, 15) is 0 Å². The van der Waals surface area contributed by atoms with Crippen LogP contribution >= 0.6 is 11.6 Å². The first-order valence-electron chi connectivity index (χ1n) is 7.28. The highest BCUT2D eigenvalue weighted by molar-refractivity contribution is 6.30. The Morgan fingerprint density at radius 1 is 1.30 bits per heavy atom. The topological polar surface area (TPSA) is 30.5 Å². The molecule has 20 heavy (non-hydrogen) atoms. The molecule has 0 heterocycles. The molecule has 3 nitrogen and oxygen atoms in total. The van der Waals surface area contributed by atoms with E-state index in [1.807, 2.05) is 6.07 Å². The predicted octanol–water partition coefficient (Wildman–Crippen LogP) is 4.27. The van der Waals surface area contributed by atoms with Crippen molar-refractivity contribution in [2.75, 3.05) is 20.3 Å². The lowest BCUT2D eigenvalue weighted by atomic mass is 10.1. The number of nitrogens with one attached hydrogen (secondary N) is 1. The van der Waals surface area contributed by atoms with Crippen molar-refractivity contribution in [2.45, 2.75) is 40.2 Å². The Balaban J connectivity index is 2.84. The van der Waals surface area contributed by atoms with Gasteiger partial charge in [-0.3, -0.25) is 0 Å². The van der Waals surface area contributed by atoms with Crippen LogP contribution < -0.4 is 14.8 Å². The van der Waals surface area contributed by atoms with Gasteiger partial charge in [0.25, 0.3) is 0 Å². The van der Waals surface area contributed by atoms with Gasteiger partial charge in [0.1, 0.15) is 0 Å². The summed E-state index contributed by atoms with van der Waals surface area (Å²) in [6.45, 7) is 8.92. The van der Waals surface area contributed by atoms with Crippen LogP contribution in [0, 0.1) is 5.92 Å². The molecule has 1 N–H and O–H groups in total. The molecule has 4 heteroatoms. The third kappa shape index (κ3) is 5.59. The van der Waals surface area contributed by atoms with E-state index in [-0.39, 0.29) is 0 Å². The minimum Gasteiger partial charge on any atom is -0.493 e. The molecule has 0 aliphatic carbocycles. The fourth-order valence-electron chi connectivity index (χ4n) is 1.87. The number of hydrogen-bond donors (Lipinski definition) is 1.